The van der Waals surface area contributed by atoms with Crippen LogP contribution in [0.2, 0.25) is 0 Å². The maximum Gasteiger partial charge on any atom is 0.0629 e. The van der Waals surface area contributed by atoms with Crippen molar-refractivity contribution in [3.8, 4) is 0 Å². The Morgan fingerprint density at radius 1 is 1.46 bits per heavy atom. The maximum atomic E-state index is 5.41. The van der Waals surface area contributed by atoms with Crippen molar-refractivity contribution in [3.63, 3.8) is 0 Å². The topological polar surface area (TPSA) is 47.3 Å². The van der Waals surface area contributed by atoms with Crippen LogP contribution in [0.3, 0.4) is 0 Å². The lowest BCUT2D eigenvalue weighted by Crippen LogP contribution is -2.38. The number of hydrogen-bond acceptors (Lipinski definition) is 3. The highest BCUT2D eigenvalue weighted by molar-refractivity contribution is 4.71. The molecule has 0 amide bonds. The van der Waals surface area contributed by atoms with Gasteiger partial charge in [0, 0.05) is 13.2 Å². The molecule has 1 saturated carbocycles. The molecule has 1 atom stereocenters. The molecule has 0 aromatic heterocycles. The Morgan fingerprint density at radius 3 is 2.69 bits per heavy atom. The average molecular weight is 186 g/mol. The van der Waals surface area contributed by atoms with Gasteiger partial charge in [0.05, 0.1) is 6.61 Å². The fourth-order valence-corrected chi connectivity index (χ4v) is 2.15. The van der Waals surface area contributed by atoms with Gasteiger partial charge >= 0.3 is 0 Å². The Kier molecular flexibility index (Phi) is 5.35. The van der Waals surface area contributed by atoms with E-state index >= 15 is 0 Å². The Bertz CT molecular complexity index is 124. The SMILES string of the molecule is COCC(CCC1CCCC1)NN. The van der Waals surface area contributed by atoms with Crippen molar-refractivity contribution in [1.82, 2.24) is 5.43 Å². The average Bonchev–Trinajstić information content (AvgIpc) is 2.64. The number of hydrogen-bond donors (Lipinski definition) is 2. The van der Waals surface area contributed by atoms with Gasteiger partial charge in [0.1, 0.15) is 0 Å². The summed E-state index contributed by atoms with van der Waals surface area (Å²) in [6, 6.07) is 0.339. The summed E-state index contributed by atoms with van der Waals surface area (Å²) < 4.78 is 5.07. The van der Waals surface area contributed by atoms with E-state index in [1.807, 2.05) is 0 Å². The van der Waals surface area contributed by atoms with Gasteiger partial charge in [0.2, 0.25) is 0 Å². The molecular formula is C10H22N2O. The van der Waals surface area contributed by atoms with Gasteiger partial charge in [-0.15, -0.1) is 0 Å². The number of nitrogens with two attached hydrogens (primary N) is 1. The molecule has 13 heavy (non-hydrogen) atoms. The minimum atomic E-state index is 0.339. The van der Waals surface area contributed by atoms with Gasteiger partial charge in [0.25, 0.3) is 0 Å². The fraction of sp³-hybridized carbons (Fsp3) is 1.00. The van der Waals surface area contributed by atoms with Gasteiger partial charge in [-0.2, -0.15) is 0 Å². The number of ether oxygens (including phenoxy) is 1. The van der Waals surface area contributed by atoms with Crippen molar-refractivity contribution in [2.45, 2.75) is 44.6 Å². The molecule has 0 bridgehead atoms. The summed E-state index contributed by atoms with van der Waals surface area (Å²) >= 11 is 0. The molecule has 3 heteroatoms. The zero-order valence-electron chi connectivity index (χ0n) is 8.59. The molecule has 1 aliphatic rings. The second kappa shape index (κ2) is 6.35. The molecule has 0 heterocycles. The van der Waals surface area contributed by atoms with Crippen molar-refractivity contribution in [1.29, 1.82) is 0 Å². The summed E-state index contributed by atoms with van der Waals surface area (Å²) in [5.41, 5.74) is 2.80. The molecule has 78 valence electrons. The first kappa shape index (κ1) is 11.0. The van der Waals surface area contributed by atoms with Crippen LogP contribution in [0.1, 0.15) is 38.5 Å². The number of methoxy groups -OCH3 is 1. The summed E-state index contributed by atoms with van der Waals surface area (Å²) in [6.07, 6.45) is 8.15. The zero-order chi connectivity index (χ0) is 9.52. The molecular weight excluding hydrogens is 164 g/mol. The first-order valence-corrected chi connectivity index (χ1v) is 5.32. The monoisotopic (exact) mass is 186 g/mol. The Labute approximate surface area is 81.0 Å². The van der Waals surface area contributed by atoms with Crippen molar-refractivity contribution >= 4 is 0 Å². The van der Waals surface area contributed by atoms with Gasteiger partial charge in [-0.05, 0) is 18.8 Å². The molecule has 0 aromatic carbocycles. The number of nitrogens with one attached hydrogen (secondary N) is 1. The van der Waals surface area contributed by atoms with Crippen molar-refractivity contribution in [2.75, 3.05) is 13.7 Å². The molecule has 0 aromatic rings. The Morgan fingerprint density at radius 2 is 2.15 bits per heavy atom. The lowest BCUT2D eigenvalue weighted by atomic mass is 9.99. The predicted octanol–water partition coefficient (Wildman–Crippen LogP) is 1.44. The van der Waals surface area contributed by atoms with Crippen LogP contribution >= 0.6 is 0 Å². The lowest BCUT2D eigenvalue weighted by molar-refractivity contribution is 0.159. The van der Waals surface area contributed by atoms with E-state index in [-0.39, 0.29) is 0 Å². The van der Waals surface area contributed by atoms with Crippen LogP contribution in [0.15, 0.2) is 0 Å². The summed E-state index contributed by atoms with van der Waals surface area (Å²) in [7, 11) is 1.72. The van der Waals surface area contributed by atoms with E-state index in [9.17, 15) is 0 Å². The second-order valence-electron chi connectivity index (χ2n) is 4.05. The largest absolute Gasteiger partial charge is 0.383 e. The van der Waals surface area contributed by atoms with E-state index in [1.165, 1.54) is 32.1 Å². The van der Waals surface area contributed by atoms with Gasteiger partial charge in [-0.1, -0.05) is 25.7 Å². The molecule has 0 saturated heterocycles. The highest BCUT2D eigenvalue weighted by Gasteiger charge is 2.16. The quantitative estimate of drug-likeness (QED) is 0.487. The molecule has 0 radical (unpaired) electrons. The highest BCUT2D eigenvalue weighted by Crippen LogP contribution is 2.28. The molecule has 1 fully saturated rings. The van der Waals surface area contributed by atoms with Crippen LogP contribution < -0.4 is 11.3 Å². The summed E-state index contributed by atoms with van der Waals surface area (Å²) in [5.74, 6) is 6.37. The molecule has 0 aliphatic heterocycles. The van der Waals surface area contributed by atoms with E-state index in [1.54, 1.807) is 7.11 Å². The normalized spacial score (nSPS) is 20.8. The van der Waals surface area contributed by atoms with Crippen molar-refractivity contribution in [3.05, 3.63) is 0 Å². The predicted molar refractivity (Wildman–Crippen MR) is 54.2 cm³/mol. The van der Waals surface area contributed by atoms with Crippen molar-refractivity contribution < 1.29 is 4.74 Å². The van der Waals surface area contributed by atoms with E-state index in [0.29, 0.717) is 6.04 Å². The van der Waals surface area contributed by atoms with E-state index < -0.39 is 0 Å². The van der Waals surface area contributed by atoms with Crippen LogP contribution in [0.4, 0.5) is 0 Å². The van der Waals surface area contributed by atoms with Crippen LogP contribution in [-0.2, 0) is 4.74 Å². The van der Waals surface area contributed by atoms with Gasteiger partial charge in [-0.3, -0.25) is 11.3 Å². The minimum absolute atomic E-state index is 0.339. The molecule has 0 spiro atoms. The minimum Gasteiger partial charge on any atom is -0.383 e. The third-order valence-corrected chi connectivity index (χ3v) is 3.00. The first-order chi connectivity index (χ1) is 6.36. The van der Waals surface area contributed by atoms with Crippen LogP contribution in [0.25, 0.3) is 0 Å². The summed E-state index contributed by atoms with van der Waals surface area (Å²) in [6.45, 7) is 0.725. The van der Waals surface area contributed by atoms with E-state index in [2.05, 4.69) is 5.43 Å². The smallest absolute Gasteiger partial charge is 0.0629 e. The molecule has 3 N–H and O–H groups in total. The van der Waals surface area contributed by atoms with Crippen LogP contribution in [0, 0.1) is 5.92 Å². The lowest BCUT2D eigenvalue weighted by Gasteiger charge is -2.16. The zero-order valence-corrected chi connectivity index (χ0v) is 8.59. The standard InChI is InChI=1S/C10H22N2O/c1-13-8-10(12-11)7-6-9-4-2-3-5-9/h9-10,12H,2-8,11H2,1H3. The summed E-state index contributed by atoms with van der Waals surface area (Å²) in [4.78, 5) is 0. The fourth-order valence-electron chi connectivity index (χ4n) is 2.15. The van der Waals surface area contributed by atoms with Gasteiger partial charge in [0.15, 0.2) is 0 Å². The van der Waals surface area contributed by atoms with Gasteiger partial charge in [-0.25, -0.2) is 0 Å². The van der Waals surface area contributed by atoms with Crippen LogP contribution in [-0.4, -0.2) is 19.8 Å². The third kappa shape index (κ3) is 4.07. The molecule has 3 nitrogen and oxygen atoms in total. The third-order valence-electron chi connectivity index (χ3n) is 3.00. The summed E-state index contributed by atoms with van der Waals surface area (Å²) in [5, 5.41) is 0. The Balaban J connectivity index is 2.07. The highest BCUT2D eigenvalue weighted by atomic mass is 16.5. The first-order valence-electron chi connectivity index (χ1n) is 5.32. The van der Waals surface area contributed by atoms with E-state index in [0.717, 1.165) is 18.9 Å². The second-order valence-corrected chi connectivity index (χ2v) is 4.05. The van der Waals surface area contributed by atoms with Crippen molar-refractivity contribution in [2.24, 2.45) is 11.8 Å². The molecule has 1 rings (SSSR count). The number of hydrazine groups is 1. The maximum absolute atomic E-state index is 5.41. The molecule has 1 aliphatic carbocycles. The Hall–Kier alpha value is -0.120. The van der Waals surface area contributed by atoms with E-state index in [4.69, 9.17) is 10.6 Å². The van der Waals surface area contributed by atoms with Crippen LogP contribution in [0.5, 0.6) is 0 Å². The number of rotatable bonds is 6. The molecule has 1 unspecified atom stereocenters. The van der Waals surface area contributed by atoms with Gasteiger partial charge < -0.3 is 4.74 Å².